The highest BCUT2D eigenvalue weighted by Gasteiger charge is 2.19. The van der Waals surface area contributed by atoms with E-state index in [1.807, 2.05) is 13.2 Å². The van der Waals surface area contributed by atoms with Crippen molar-refractivity contribution in [2.45, 2.75) is 19.4 Å². The second-order valence-electron chi connectivity index (χ2n) is 3.55. The van der Waals surface area contributed by atoms with E-state index < -0.39 is 0 Å². The maximum Gasteiger partial charge on any atom is 0.223 e. The Labute approximate surface area is 84.0 Å². The van der Waals surface area contributed by atoms with Gasteiger partial charge in [0.15, 0.2) is 0 Å². The Morgan fingerprint density at radius 3 is 3.08 bits per heavy atom. The summed E-state index contributed by atoms with van der Waals surface area (Å²) in [5, 5.41) is 6.28. The van der Waals surface area contributed by atoms with Crippen molar-refractivity contribution in [2.75, 3.05) is 25.1 Å². The Morgan fingerprint density at radius 1 is 1.77 bits per heavy atom. The van der Waals surface area contributed by atoms with Gasteiger partial charge >= 0.3 is 0 Å². The summed E-state index contributed by atoms with van der Waals surface area (Å²) in [4.78, 5) is 11.5. The minimum Gasteiger partial charge on any atom is -0.352 e. The predicted octanol–water partition coefficient (Wildman–Crippen LogP) is 0.464. The molecular formula is C9H18N2OS. The molecule has 2 N–H and O–H groups in total. The molecule has 0 aliphatic carbocycles. The molecule has 0 aromatic carbocycles. The Hall–Kier alpha value is -0.220. The van der Waals surface area contributed by atoms with Crippen molar-refractivity contribution >= 4 is 17.7 Å². The highest BCUT2D eigenvalue weighted by Crippen LogP contribution is 2.06. The minimum absolute atomic E-state index is 0.135. The third kappa shape index (κ3) is 3.56. The Bertz CT molecular complexity index is 169. The zero-order valence-electron chi connectivity index (χ0n) is 8.30. The van der Waals surface area contributed by atoms with Crippen molar-refractivity contribution < 1.29 is 4.79 Å². The first-order chi connectivity index (χ1) is 6.24. The molecule has 1 aliphatic heterocycles. The smallest absolute Gasteiger partial charge is 0.223 e. The Kier molecular flexibility index (Phi) is 4.59. The number of thioether (sulfide) groups is 1. The quantitative estimate of drug-likeness (QED) is 0.696. The molecule has 1 rings (SSSR count). The topological polar surface area (TPSA) is 41.1 Å². The van der Waals surface area contributed by atoms with Gasteiger partial charge in [0.25, 0.3) is 0 Å². The van der Waals surface area contributed by atoms with Crippen LogP contribution >= 0.6 is 11.8 Å². The van der Waals surface area contributed by atoms with E-state index >= 15 is 0 Å². The number of hydrogen-bond acceptors (Lipinski definition) is 3. The molecule has 0 saturated carbocycles. The molecular weight excluding hydrogens is 184 g/mol. The Morgan fingerprint density at radius 2 is 2.54 bits per heavy atom. The molecule has 4 heteroatoms. The summed E-state index contributed by atoms with van der Waals surface area (Å²) in [6.07, 6.45) is 3.10. The highest BCUT2D eigenvalue weighted by atomic mass is 32.2. The molecule has 1 heterocycles. The molecule has 2 unspecified atom stereocenters. The molecule has 1 saturated heterocycles. The van der Waals surface area contributed by atoms with E-state index in [4.69, 9.17) is 0 Å². The average molecular weight is 202 g/mol. The lowest BCUT2D eigenvalue weighted by atomic mass is 10.2. The average Bonchev–Trinajstić information content (AvgIpc) is 2.57. The number of hydrogen-bond donors (Lipinski definition) is 2. The van der Waals surface area contributed by atoms with Crippen molar-refractivity contribution in [3.63, 3.8) is 0 Å². The van der Waals surface area contributed by atoms with Gasteiger partial charge in [0.1, 0.15) is 0 Å². The molecule has 0 bridgehead atoms. The van der Waals surface area contributed by atoms with E-state index in [1.54, 1.807) is 11.8 Å². The first-order valence-corrected chi connectivity index (χ1v) is 6.13. The van der Waals surface area contributed by atoms with Crippen LogP contribution in [0.5, 0.6) is 0 Å². The summed E-state index contributed by atoms with van der Waals surface area (Å²) >= 11 is 1.72. The van der Waals surface area contributed by atoms with Crippen molar-refractivity contribution in [1.82, 2.24) is 10.6 Å². The number of rotatable bonds is 4. The van der Waals surface area contributed by atoms with Gasteiger partial charge in [-0.1, -0.05) is 6.92 Å². The summed E-state index contributed by atoms with van der Waals surface area (Å²) in [6.45, 7) is 3.94. The molecule has 76 valence electrons. The van der Waals surface area contributed by atoms with E-state index in [1.165, 1.54) is 0 Å². The summed E-state index contributed by atoms with van der Waals surface area (Å²) in [7, 11) is 0. The standard InChI is InChI=1S/C9H18N2OS/c1-7(6-13-2)9(12)11-8-3-4-10-5-8/h7-8,10H,3-6H2,1-2H3,(H,11,12). The lowest BCUT2D eigenvalue weighted by Gasteiger charge is -2.15. The fourth-order valence-electron chi connectivity index (χ4n) is 1.45. The second-order valence-corrected chi connectivity index (χ2v) is 4.47. The third-order valence-electron chi connectivity index (χ3n) is 2.27. The van der Waals surface area contributed by atoms with Crippen LogP contribution in [0.1, 0.15) is 13.3 Å². The van der Waals surface area contributed by atoms with Crippen molar-refractivity contribution in [3.8, 4) is 0 Å². The van der Waals surface area contributed by atoms with Crippen LogP contribution < -0.4 is 10.6 Å². The van der Waals surface area contributed by atoms with Gasteiger partial charge in [-0.3, -0.25) is 4.79 Å². The molecule has 3 nitrogen and oxygen atoms in total. The van der Waals surface area contributed by atoms with Crippen LogP contribution in [0.25, 0.3) is 0 Å². The molecule has 0 aromatic heterocycles. The van der Waals surface area contributed by atoms with Crippen molar-refractivity contribution in [3.05, 3.63) is 0 Å². The minimum atomic E-state index is 0.135. The van der Waals surface area contributed by atoms with Gasteiger partial charge in [0, 0.05) is 24.3 Å². The summed E-state index contributed by atoms with van der Waals surface area (Å²) in [5.74, 6) is 1.24. The zero-order chi connectivity index (χ0) is 9.68. The van der Waals surface area contributed by atoms with Gasteiger partial charge in [-0.2, -0.15) is 11.8 Å². The molecule has 0 aromatic rings. The first kappa shape index (κ1) is 10.9. The maximum absolute atomic E-state index is 11.5. The van der Waals surface area contributed by atoms with E-state index in [2.05, 4.69) is 10.6 Å². The van der Waals surface area contributed by atoms with Crippen LogP contribution in [0.4, 0.5) is 0 Å². The van der Waals surface area contributed by atoms with Crippen LogP contribution in [0.15, 0.2) is 0 Å². The van der Waals surface area contributed by atoms with Crippen molar-refractivity contribution in [1.29, 1.82) is 0 Å². The summed E-state index contributed by atoms with van der Waals surface area (Å²) < 4.78 is 0. The van der Waals surface area contributed by atoms with E-state index in [-0.39, 0.29) is 11.8 Å². The Balaban J connectivity index is 2.22. The largest absolute Gasteiger partial charge is 0.352 e. The molecule has 13 heavy (non-hydrogen) atoms. The van der Waals surface area contributed by atoms with Crippen molar-refractivity contribution in [2.24, 2.45) is 5.92 Å². The van der Waals surface area contributed by atoms with Gasteiger partial charge in [-0.05, 0) is 19.2 Å². The van der Waals surface area contributed by atoms with Crippen LogP contribution in [0.3, 0.4) is 0 Å². The van der Waals surface area contributed by atoms with Crippen LogP contribution in [-0.2, 0) is 4.79 Å². The highest BCUT2D eigenvalue weighted by molar-refractivity contribution is 7.98. The second kappa shape index (κ2) is 5.50. The predicted molar refractivity (Wildman–Crippen MR) is 57.0 cm³/mol. The number of amides is 1. The van der Waals surface area contributed by atoms with Gasteiger partial charge < -0.3 is 10.6 Å². The van der Waals surface area contributed by atoms with Gasteiger partial charge in [-0.15, -0.1) is 0 Å². The zero-order valence-corrected chi connectivity index (χ0v) is 9.12. The number of carbonyl (C=O) groups is 1. The monoisotopic (exact) mass is 202 g/mol. The van der Waals surface area contributed by atoms with E-state index in [9.17, 15) is 4.79 Å². The summed E-state index contributed by atoms with van der Waals surface area (Å²) in [5.41, 5.74) is 0. The summed E-state index contributed by atoms with van der Waals surface area (Å²) in [6, 6.07) is 0.358. The fraction of sp³-hybridized carbons (Fsp3) is 0.889. The van der Waals surface area contributed by atoms with Crippen LogP contribution in [-0.4, -0.2) is 37.0 Å². The molecule has 2 atom stereocenters. The normalized spacial score (nSPS) is 24.3. The van der Waals surface area contributed by atoms with Gasteiger partial charge in [0.05, 0.1) is 0 Å². The van der Waals surface area contributed by atoms with E-state index in [0.717, 1.165) is 25.3 Å². The van der Waals surface area contributed by atoms with Gasteiger partial charge in [0.2, 0.25) is 5.91 Å². The molecule has 1 amide bonds. The molecule has 1 fully saturated rings. The number of carbonyl (C=O) groups excluding carboxylic acids is 1. The molecule has 0 spiro atoms. The lowest BCUT2D eigenvalue weighted by Crippen LogP contribution is -2.39. The first-order valence-electron chi connectivity index (χ1n) is 4.74. The maximum atomic E-state index is 11.5. The molecule has 1 aliphatic rings. The van der Waals surface area contributed by atoms with Gasteiger partial charge in [-0.25, -0.2) is 0 Å². The van der Waals surface area contributed by atoms with Crippen LogP contribution in [0.2, 0.25) is 0 Å². The van der Waals surface area contributed by atoms with Crippen LogP contribution in [0, 0.1) is 5.92 Å². The number of nitrogens with one attached hydrogen (secondary N) is 2. The van der Waals surface area contributed by atoms with E-state index in [0.29, 0.717) is 6.04 Å². The third-order valence-corrected chi connectivity index (χ3v) is 3.10. The SMILES string of the molecule is CSCC(C)C(=O)NC1CCNC1. The lowest BCUT2D eigenvalue weighted by molar-refractivity contribution is -0.124. The fourth-order valence-corrected chi connectivity index (χ4v) is 2.10. The molecule has 0 radical (unpaired) electrons.